The Morgan fingerprint density at radius 3 is 2.19 bits per heavy atom. The predicted octanol–water partition coefficient (Wildman–Crippen LogP) is 2.75. The molecule has 5 N–H and O–H groups in total. The van der Waals surface area contributed by atoms with E-state index in [1.807, 2.05) is 14.1 Å². The number of nitrogens with two attached hydrogens (primary N) is 1. The van der Waals surface area contributed by atoms with Crippen molar-refractivity contribution in [3.05, 3.63) is 53.1 Å². The lowest BCUT2D eigenvalue weighted by molar-refractivity contribution is -0.116. The molecule has 2 rings (SSSR count). The predicted molar refractivity (Wildman–Crippen MR) is 113 cm³/mol. The van der Waals surface area contributed by atoms with Crippen molar-refractivity contribution >= 4 is 57.8 Å². The molecule has 2 aromatic rings. The van der Waals surface area contributed by atoms with Crippen LogP contribution in [0.15, 0.2) is 42.5 Å². The Hall–Kier alpha value is -2.68. The molecule has 0 radical (unpaired) electrons. The third-order valence-electron chi connectivity index (χ3n) is 3.39. The van der Waals surface area contributed by atoms with Crippen molar-refractivity contribution in [2.24, 2.45) is 5.73 Å². The normalized spacial score (nSPS) is 10.4. The number of nitrogens with zero attached hydrogens (tertiary/aromatic N) is 1. The number of anilines is 3. The third kappa shape index (κ3) is 6.52. The second kappa shape index (κ2) is 9.31. The second-order valence-electron chi connectivity index (χ2n) is 6.00. The summed E-state index contributed by atoms with van der Waals surface area (Å²) in [6.45, 7) is 0.263. The molecule has 0 spiro atoms. The minimum absolute atomic E-state index is 0.154. The molecule has 0 unspecified atom stereocenters. The van der Waals surface area contributed by atoms with Crippen molar-refractivity contribution < 1.29 is 9.59 Å². The number of rotatable bonds is 6. The van der Waals surface area contributed by atoms with Gasteiger partial charge in [-0.15, -0.1) is 0 Å². The van der Waals surface area contributed by atoms with Gasteiger partial charge in [-0.1, -0.05) is 11.6 Å². The van der Waals surface area contributed by atoms with Crippen LogP contribution in [0.1, 0.15) is 10.4 Å². The minimum atomic E-state index is -0.491. The molecule has 0 aliphatic heterocycles. The van der Waals surface area contributed by atoms with Gasteiger partial charge in [0.2, 0.25) is 11.8 Å². The molecular formula is C18H20ClN5O2S. The summed E-state index contributed by atoms with van der Waals surface area (Å²) in [5.41, 5.74) is 7.52. The van der Waals surface area contributed by atoms with E-state index in [0.717, 1.165) is 0 Å². The highest BCUT2D eigenvalue weighted by Crippen LogP contribution is 2.25. The minimum Gasteiger partial charge on any atom is -0.366 e. The van der Waals surface area contributed by atoms with Crippen molar-refractivity contribution in [1.82, 2.24) is 4.90 Å². The van der Waals surface area contributed by atoms with E-state index in [-0.39, 0.29) is 12.5 Å². The maximum absolute atomic E-state index is 11.8. The molecule has 0 saturated heterocycles. The molecule has 142 valence electrons. The lowest BCUT2D eigenvalue weighted by atomic mass is 10.2. The zero-order valence-electron chi connectivity index (χ0n) is 14.9. The number of hydrogen-bond acceptors (Lipinski definition) is 4. The van der Waals surface area contributed by atoms with E-state index in [4.69, 9.17) is 29.6 Å². The van der Waals surface area contributed by atoms with Gasteiger partial charge in [-0.3, -0.25) is 9.59 Å². The van der Waals surface area contributed by atoms with Crippen LogP contribution in [-0.4, -0.2) is 42.5 Å². The molecule has 0 aliphatic carbocycles. The van der Waals surface area contributed by atoms with Gasteiger partial charge >= 0.3 is 0 Å². The Labute approximate surface area is 167 Å². The highest BCUT2D eigenvalue weighted by atomic mass is 35.5. The molecule has 0 bridgehead atoms. The lowest BCUT2D eigenvalue weighted by Gasteiger charge is -2.14. The van der Waals surface area contributed by atoms with Gasteiger partial charge in [0.1, 0.15) is 0 Å². The number of benzene rings is 2. The summed E-state index contributed by atoms with van der Waals surface area (Å²) in [4.78, 5) is 24.7. The fourth-order valence-corrected chi connectivity index (χ4v) is 2.65. The van der Waals surface area contributed by atoms with Crippen molar-refractivity contribution in [2.75, 3.05) is 36.6 Å². The van der Waals surface area contributed by atoms with Crippen molar-refractivity contribution in [3.63, 3.8) is 0 Å². The van der Waals surface area contributed by atoms with Crippen LogP contribution in [0.5, 0.6) is 0 Å². The van der Waals surface area contributed by atoms with Gasteiger partial charge in [0.15, 0.2) is 5.11 Å². The summed E-state index contributed by atoms with van der Waals surface area (Å²) in [5, 5.41) is 9.49. The summed E-state index contributed by atoms with van der Waals surface area (Å²) in [5.74, 6) is -0.645. The van der Waals surface area contributed by atoms with Crippen LogP contribution >= 0.6 is 23.8 Å². The Kier molecular flexibility index (Phi) is 7.12. The largest absolute Gasteiger partial charge is 0.366 e. The van der Waals surface area contributed by atoms with E-state index in [2.05, 4.69) is 16.0 Å². The molecular weight excluding hydrogens is 386 g/mol. The Morgan fingerprint density at radius 2 is 1.63 bits per heavy atom. The first-order chi connectivity index (χ1) is 12.7. The molecule has 0 aliphatic rings. The van der Waals surface area contributed by atoms with Crippen molar-refractivity contribution in [1.29, 1.82) is 0 Å². The number of primary amides is 1. The van der Waals surface area contributed by atoms with E-state index in [1.54, 1.807) is 47.4 Å². The standard InChI is InChI=1S/C18H20ClN5O2S/c1-24(2)10-16(25)23-15-8-7-13(9-14(15)19)22-18(27)21-12-5-3-11(4-6-12)17(20)26/h3-9H,10H2,1-2H3,(H2,20,26)(H,23,25)(H2,21,22,27). The Balaban J connectivity index is 1.96. The van der Waals surface area contributed by atoms with E-state index < -0.39 is 5.91 Å². The molecule has 9 heteroatoms. The number of carbonyl (C=O) groups is 2. The number of amides is 2. The van der Waals surface area contributed by atoms with Gasteiger partial charge in [-0.05, 0) is 68.8 Å². The monoisotopic (exact) mass is 405 g/mol. The molecule has 7 nitrogen and oxygen atoms in total. The van der Waals surface area contributed by atoms with Crippen LogP contribution in [-0.2, 0) is 4.79 Å². The van der Waals surface area contributed by atoms with Crippen LogP contribution < -0.4 is 21.7 Å². The SMILES string of the molecule is CN(C)CC(=O)Nc1ccc(NC(=S)Nc2ccc(C(N)=O)cc2)cc1Cl. The van der Waals surface area contributed by atoms with Gasteiger partial charge in [0.25, 0.3) is 0 Å². The quantitative estimate of drug-likeness (QED) is 0.551. The smallest absolute Gasteiger partial charge is 0.248 e. The zero-order valence-corrected chi connectivity index (χ0v) is 16.4. The first kappa shape index (κ1) is 20.6. The van der Waals surface area contributed by atoms with Crippen LogP contribution in [0.25, 0.3) is 0 Å². The summed E-state index contributed by atoms with van der Waals surface area (Å²) in [6, 6.07) is 11.7. The molecule has 0 fully saturated rings. The number of hydrogen-bond donors (Lipinski definition) is 4. The number of thiocarbonyl (C=S) groups is 1. The van der Waals surface area contributed by atoms with Gasteiger partial charge in [0.05, 0.1) is 17.3 Å². The molecule has 27 heavy (non-hydrogen) atoms. The molecule has 2 amide bonds. The molecule has 0 saturated carbocycles. The Morgan fingerprint density at radius 1 is 1.04 bits per heavy atom. The fourth-order valence-electron chi connectivity index (χ4n) is 2.18. The summed E-state index contributed by atoms with van der Waals surface area (Å²) < 4.78 is 0. The van der Waals surface area contributed by atoms with Gasteiger partial charge in [-0.25, -0.2) is 0 Å². The Bertz CT molecular complexity index is 855. The number of halogens is 1. The lowest BCUT2D eigenvalue weighted by Crippen LogP contribution is -2.27. The van der Waals surface area contributed by atoms with Crippen LogP contribution in [0, 0.1) is 0 Å². The van der Waals surface area contributed by atoms with Crippen molar-refractivity contribution in [3.8, 4) is 0 Å². The number of carbonyl (C=O) groups excluding carboxylic acids is 2. The maximum atomic E-state index is 11.8. The highest BCUT2D eigenvalue weighted by Gasteiger charge is 2.08. The average molecular weight is 406 g/mol. The van der Waals surface area contributed by atoms with Crippen LogP contribution in [0.4, 0.5) is 17.1 Å². The fraction of sp³-hybridized carbons (Fsp3) is 0.167. The molecule has 0 heterocycles. The summed E-state index contributed by atoms with van der Waals surface area (Å²) >= 11 is 11.5. The van der Waals surface area contributed by atoms with Crippen LogP contribution in [0.3, 0.4) is 0 Å². The second-order valence-corrected chi connectivity index (χ2v) is 6.82. The highest BCUT2D eigenvalue weighted by molar-refractivity contribution is 7.80. The van der Waals surface area contributed by atoms with E-state index in [1.165, 1.54) is 0 Å². The van der Waals surface area contributed by atoms with E-state index >= 15 is 0 Å². The third-order valence-corrected chi connectivity index (χ3v) is 3.90. The van der Waals surface area contributed by atoms with Crippen LogP contribution in [0.2, 0.25) is 5.02 Å². The van der Waals surface area contributed by atoms with Gasteiger partial charge in [-0.2, -0.15) is 0 Å². The molecule has 2 aromatic carbocycles. The van der Waals surface area contributed by atoms with Crippen molar-refractivity contribution in [2.45, 2.75) is 0 Å². The zero-order chi connectivity index (χ0) is 20.0. The molecule has 0 aromatic heterocycles. The van der Waals surface area contributed by atoms with E-state index in [9.17, 15) is 9.59 Å². The topological polar surface area (TPSA) is 99.5 Å². The average Bonchev–Trinajstić information content (AvgIpc) is 2.57. The van der Waals surface area contributed by atoms with Gasteiger partial charge in [0, 0.05) is 16.9 Å². The van der Waals surface area contributed by atoms with E-state index in [0.29, 0.717) is 32.8 Å². The maximum Gasteiger partial charge on any atom is 0.248 e. The first-order valence-electron chi connectivity index (χ1n) is 7.96. The van der Waals surface area contributed by atoms with Gasteiger partial charge < -0.3 is 26.6 Å². The summed E-state index contributed by atoms with van der Waals surface area (Å²) in [6.07, 6.45) is 0. The molecule has 0 atom stereocenters. The number of nitrogens with one attached hydrogen (secondary N) is 3. The number of likely N-dealkylation sites (N-methyl/N-ethyl adjacent to an activating group) is 1. The first-order valence-corrected chi connectivity index (χ1v) is 8.75. The summed E-state index contributed by atoms with van der Waals surface area (Å²) in [7, 11) is 3.62.